The van der Waals surface area contributed by atoms with Gasteiger partial charge in [0.25, 0.3) is 6.10 Å². The molecule has 1 aliphatic rings. The molecular formula is C12H10ClF6NO3. The van der Waals surface area contributed by atoms with E-state index in [1.54, 1.807) is 0 Å². The highest BCUT2D eigenvalue weighted by molar-refractivity contribution is 6.23. The second-order valence-electron chi connectivity index (χ2n) is 5.03. The first kappa shape index (κ1) is 19.5. The Morgan fingerprint density at radius 3 is 2.17 bits per heavy atom. The zero-order valence-electron chi connectivity index (χ0n) is 11.3. The fraction of sp³-hybridized carbons (Fsp3) is 0.750. The van der Waals surface area contributed by atoms with Crippen molar-refractivity contribution in [3.63, 3.8) is 0 Å². The first-order chi connectivity index (χ1) is 10.3. The van der Waals surface area contributed by atoms with Gasteiger partial charge in [-0.15, -0.1) is 11.6 Å². The van der Waals surface area contributed by atoms with Crippen LogP contribution in [-0.2, 0) is 14.3 Å². The molecule has 0 aromatic carbocycles. The normalized spacial score (nSPS) is 23.7. The van der Waals surface area contributed by atoms with Crippen LogP contribution in [0.3, 0.4) is 0 Å². The van der Waals surface area contributed by atoms with E-state index < -0.39 is 47.4 Å². The van der Waals surface area contributed by atoms with Crippen LogP contribution in [0.5, 0.6) is 0 Å². The van der Waals surface area contributed by atoms with E-state index in [1.165, 1.54) is 6.07 Å². The van der Waals surface area contributed by atoms with Crippen molar-refractivity contribution in [1.29, 1.82) is 5.26 Å². The lowest BCUT2D eigenvalue weighted by Gasteiger charge is -2.29. The Morgan fingerprint density at radius 1 is 1.30 bits per heavy atom. The number of Topliss-reactive ketones (excluding diaryl/α,β-unsaturated/α-hetero) is 1. The molecule has 0 N–H and O–H groups in total. The summed E-state index contributed by atoms with van der Waals surface area (Å²) in [5, 5.41) is 7.18. The molecule has 0 spiro atoms. The highest BCUT2D eigenvalue weighted by atomic mass is 35.5. The number of halogens is 7. The topological polar surface area (TPSA) is 67.2 Å². The molecule has 4 nitrogen and oxygen atoms in total. The number of hydrogen-bond acceptors (Lipinski definition) is 4. The van der Waals surface area contributed by atoms with Gasteiger partial charge >= 0.3 is 18.3 Å². The predicted octanol–water partition coefficient (Wildman–Crippen LogP) is 3.28. The van der Waals surface area contributed by atoms with Crippen molar-refractivity contribution < 1.29 is 40.7 Å². The monoisotopic (exact) mass is 365 g/mol. The zero-order valence-corrected chi connectivity index (χ0v) is 12.1. The molecule has 0 amide bonds. The molecule has 0 aromatic rings. The van der Waals surface area contributed by atoms with E-state index in [-0.39, 0.29) is 19.3 Å². The number of alkyl halides is 7. The van der Waals surface area contributed by atoms with E-state index in [0.29, 0.717) is 0 Å². The van der Waals surface area contributed by atoms with Gasteiger partial charge in [-0.1, -0.05) is 0 Å². The van der Waals surface area contributed by atoms with Gasteiger partial charge in [0.15, 0.2) is 0 Å². The minimum absolute atomic E-state index is 0.0751. The molecule has 0 bridgehead atoms. The number of rotatable bonds is 4. The lowest BCUT2D eigenvalue weighted by atomic mass is 9.80. The second-order valence-corrected chi connectivity index (χ2v) is 5.55. The largest absolute Gasteiger partial charge is 0.442 e. The minimum Gasteiger partial charge on any atom is -0.442 e. The third-order valence-electron chi connectivity index (χ3n) is 3.42. The molecular weight excluding hydrogens is 356 g/mol. The van der Waals surface area contributed by atoms with Crippen LogP contribution in [0, 0.1) is 16.7 Å². The average Bonchev–Trinajstić information content (AvgIpc) is 2.75. The molecule has 0 saturated heterocycles. The van der Waals surface area contributed by atoms with Gasteiger partial charge < -0.3 is 4.74 Å². The van der Waals surface area contributed by atoms with Crippen LogP contribution in [0.4, 0.5) is 26.3 Å². The van der Waals surface area contributed by atoms with Gasteiger partial charge in [0.1, 0.15) is 16.6 Å². The summed E-state index contributed by atoms with van der Waals surface area (Å²) in [7, 11) is 0. The predicted molar refractivity (Wildman–Crippen MR) is 63.2 cm³/mol. The van der Waals surface area contributed by atoms with Crippen LogP contribution in [0.1, 0.15) is 25.7 Å². The summed E-state index contributed by atoms with van der Waals surface area (Å²) in [6, 6.07) is 1.47. The van der Waals surface area contributed by atoms with Gasteiger partial charge in [0.2, 0.25) is 0 Å². The smallest absolute Gasteiger partial charge is 0.434 e. The number of hydrogen-bond donors (Lipinski definition) is 0. The molecule has 11 heteroatoms. The number of ketones is 1. The molecule has 0 aromatic heterocycles. The maximum Gasteiger partial charge on any atom is 0.434 e. The van der Waals surface area contributed by atoms with Crippen molar-refractivity contribution >= 4 is 23.4 Å². The molecule has 130 valence electrons. The minimum atomic E-state index is -5.88. The molecule has 0 unspecified atom stereocenters. The van der Waals surface area contributed by atoms with Crippen LogP contribution in [0.25, 0.3) is 0 Å². The number of nitrogens with zero attached hydrogens (tertiary/aromatic N) is 1. The Kier molecular flexibility index (Phi) is 5.57. The van der Waals surface area contributed by atoms with Crippen molar-refractivity contribution in [3.8, 4) is 6.07 Å². The van der Waals surface area contributed by atoms with Gasteiger partial charge in [-0.2, -0.15) is 31.6 Å². The number of carbonyl (C=O) groups is 2. The van der Waals surface area contributed by atoms with Crippen LogP contribution < -0.4 is 0 Å². The molecule has 1 saturated carbocycles. The Balaban J connectivity index is 3.12. The van der Waals surface area contributed by atoms with Crippen LogP contribution in [0.2, 0.25) is 0 Å². The lowest BCUT2D eigenvalue weighted by Crippen LogP contribution is -2.49. The summed E-state index contributed by atoms with van der Waals surface area (Å²) in [5.74, 6) is -2.84. The van der Waals surface area contributed by atoms with Crippen molar-refractivity contribution in [1.82, 2.24) is 0 Å². The van der Waals surface area contributed by atoms with Gasteiger partial charge in [0, 0.05) is 12.8 Å². The highest BCUT2D eigenvalue weighted by Crippen LogP contribution is 2.44. The number of nitriles is 1. The lowest BCUT2D eigenvalue weighted by molar-refractivity contribution is -0.315. The third kappa shape index (κ3) is 4.28. The quantitative estimate of drug-likeness (QED) is 0.332. The number of ether oxygens (including phenoxy) is 1. The standard InChI is InChI=1S/C12H10ClF6NO3/c13-6(5-20)4-10(3-1-2-7(10)21)9(22)23-8(11(14,15)16)12(17,18)19/h6,8H,1-4H2/t6-,10-/m1/s1. The van der Waals surface area contributed by atoms with Crippen molar-refractivity contribution in [2.45, 2.75) is 49.5 Å². The Hall–Kier alpha value is -1.50. The summed E-state index contributed by atoms with van der Waals surface area (Å²) in [4.78, 5) is 23.8. The summed E-state index contributed by atoms with van der Waals surface area (Å²) in [5.41, 5.74) is -2.25. The van der Waals surface area contributed by atoms with E-state index in [4.69, 9.17) is 16.9 Å². The SMILES string of the molecule is N#C[C@H](Cl)C[C@]1(C(=O)OC(C(F)(F)F)C(F)(F)F)CCCC1=O. The van der Waals surface area contributed by atoms with E-state index >= 15 is 0 Å². The maximum absolute atomic E-state index is 12.5. The Bertz CT molecular complexity index is 512. The molecule has 0 radical (unpaired) electrons. The van der Waals surface area contributed by atoms with Crippen LogP contribution in [-0.4, -0.2) is 35.6 Å². The first-order valence-corrected chi connectivity index (χ1v) is 6.70. The van der Waals surface area contributed by atoms with Gasteiger partial charge in [-0.05, 0) is 12.8 Å². The summed E-state index contributed by atoms with van der Waals surface area (Å²) in [6.07, 6.45) is -17.3. The number of carbonyl (C=O) groups excluding carboxylic acids is 2. The summed E-state index contributed by atoms with van der Waals surface area (Å²) in [6.45, 7) is 0. The molecule has 0 aliphatic heterocycles. The second kappa shape index (κ2) is 6.55. The molecule has 1 aliphatic carbocycles. The Morgan fingerprint density at radius 2 is 1.83 bits per heavy atom. The van der Waals surface area contributed by atoms with Gasteiger partial charge in [-0.3, -0.25) is 9.59 Å². The van der Waals surface area contributed by atoms with E-state index in [0.717, 1.165) is 0 Å². The third-order valence-corrected chi connectivity index (χ3v) is 3.67. The zero-order chi connectivity index (χ0) is 18.1. The fourth-order valence-corrected chi connectivity index (χ4v) is 2.60. The van der Waals surface area contributed by atoms with Crippen molar-refractivity contribution in [2.24, 2.45) is 5.41 Å². The van der Waals surface area contributed by atoms with E-state index in [2.05, 4.69) is 4.74 Å². The Labute approximate surface area is 131 Å². The summed E-state index contributed by atoms with van der Waals surface area (Å²) < 4.78 is 78.3. The molecule has 0 heterocycles. The average molecular weight is 366 g/mol. The fourth-order valence-electron chi connectivity index (χ4n) is 2.34. The molecule has 2 atom stereocenters. The highest BCUT2D eigenvalue weighted by Gasteiger charge is 2.62. The number of esters is 1. The molecule has 23 heavy (non-hydrogen) atoms. The van der Waals surface area contributed by atoms with Crippen LogP contribution >= 0.6 is 11.6 Å². The van der Waals surface area contributed by atoms with E-state index in [1.807, 2.05) is 0 Å². The van der Waals surface area contributed by atoms with E-state index in [9.17, 15) is 35.9 Å². The first-order valence-electron chi connectivity index (χ1n) is 6.26. The van der Waals surface area contributed by atoms with Gasteiger partial charge in [0.05, 0.1) is 6.07 Å². The van der Waals surface area contributed by atoms with Crippen molar-refractivity contribution in [3.05, 3.63) is 0 Å². The summed E-state index contributed by atoms with van der Waals surface area (Å²) >= 11 is 5.50. The maximum atomic E-state index is 12.5. The van der Waals surface area contributed by atoms with Crippen LogP contribution in [0.15, 0.2) is 0 Å². The molecule has 1 fully saturated rings. The molecule has 1 rings (SSSR count). The van der Waals surface area contributed by atoms with Gasteiger partial charge in [-0.25, -0.2) is 0 Å². The van der Waals surface area contributed by atoms with Crippen molar-refractivity contribution in [2.75, 3.05) is 0 Å².